The van der Waals surface area contributed by atoms with Crippen LogP contribution in [0.2, 0.25) is 0 Å². The molecule has 0 amide bonds. The molecule has 0 bridgehead atoms. The first kappa shape index (κ1) is 16.8. The minimum absolute atomic E-state index is 0.163. The molecule has 0 saturated heterocycles. The van der Waals surface area contributed by atoms with Crippen LogP contribution < -0.4 is 15.7 Å². The molecule has 0 saturated carbocycles. The van der Waals surface area contributed by atoms with Gasteiger partial charge in [0.2, 0.25) is 5.95 Å². The van der Waals surface area contributed by atoms with E-state index in [0.29, 0.717) is 11.3 Å². The predicted molar refractivity (Wildman–Crippen MR) is 100.0 cm³/mol. The van der Waals surface area contributed by atoms with E-state index in [2.05, 4.69) is 41.6 Å². The quantitative estimate of drug-likeness (QED) is 0.507. The van der Waals surface area contributed by atoms with Crippen LogP contribution in [-0.4, -0.2) is 28.5 Å². The Balaban J connectivity index is 1.73. The van der Waals surface area contributed by atoms with E-state index in [1.807, 2.05) is 24.3 Å². The van der Waals surface area contributed by atoms with E-state index in [9.17, 15) is 4.79 Å². The number of nitrogens with zero attached hydrogens (tertiary/aromatic N) is 3. The van der Waals surface area contributed by atoms with E-state index in [4.69, 9.17) is 4.74 Å². The minimum atomic E-state index is -0.360. The molecule has 8 heteroatoms. The highest BCUT2D eigenvalue weighted by Gasteiger charge is 2.07. The van der Waals surface area contributed by atoms with Gasteiger partial charge in [0.15, 0.2) is 5.69 Å². The third kappa shape index (κ3) is 4.30. The van der Waals surface area contributed by atoms with E-state index in [1.165, 1.54) is 0 Å². The monoisotopic (exact) mass is 399 g/mol. The largest absolute Gasteiger partial charge is 0.497 e. The number of halogens is 1. The van der Waals surface area contributed by atoms with Crippen LogP contribution >= 0.6 is 15.9 Å². The normalized spacial score (nSPS) is 10.8. The molecule has 0 radical (unpaired) electrons. The summed E-state index contributed by atoms with van der Waals surface area (Å²) < 4.78 is 6.08. The average molecular weight is 400 g/mol. The SMILES string of the molecule is COc1ccc(-c2nnc(N/N=C/c3ccc(Br)cc3)[nH]c2=O)cc1. The number of H-pyrrole nitrogens is 1. The number of anilines is 1. The maximum absolute atomic E-state index is 12.2. The van der Waals surface area contributed by atoms with Gasteiger partial charge in [-0.25, -0.2) is 5.43 Å². The van der Waals surface area contributed by atoms with Crippen molar-refractivity contribution in [3.05, 3.63) is 68.9 Å². The third-order valence-electron chi connectivity index (χ3n) is 3.31. The number of rotatable bonds is 5. The number of ether oxygens (including phenoxy) is 1. The molecule has 0 aliphatic carbocycles. The van der Waals surface area contributed by atoms with Gasteiger partial charge in [-0.05, 0) is 42.0 Å². The second kappa shape index (κ2) is 7.71. The molecule has 0 aliphatic heterocycles. The van der Waals surface area contributed by atoms with E-state index < -0.39 is 0 Å². The van der Waals surface area contributed by atoms with E-state index in [0.717, 1.165) is 10.0 Å². The summed E-state index contributed by atoms with van der Waals surface area (Å²) in [6, 6.07) is 14.6. The van der Waals surface area contributed by atoms with Crippen molar-refractivity contribution in [2.24, 2.45) is 5.10 Å². The van der Waals surface area contributed by atoms with Crippen LogP contribution in [0.1, 0.15) is 5.56 Å². The molecule has 0 spiro atoms. The van der Waals surface area contributed by atoms with Gasteiger partial charge >= 0.3 is 0 Å². The van der Waals surface area contributed by atoms with Gasteiger partial charge in [-0.1, -0.05) is 28.1 Å². The van der Waals surface area contributed by atoms with E-state index >= 15 is 0 Å². The zero-order valence-electron chi connectivity index (χ0n) is 13.2. The molecule has 7 nitrogen and oxygen atoms in total. The lowest BCUT2D eigenvalue weighted by molar-refractivity contribution is 0.415. The van der Waals surface area contributed by atoms with Crippen LogP contribution in [-0.2, 0) is 0 Å². The van der Waals surface area contributed by atoms with Crippen molar-refractivity contribution < 1.29 is 4.74 Å². The number of benzene rings is 2. The van der Waals surface area contributed by atoms with Gasteiger partial charge < -0.3 is 4.74 Å². The van der Waals surface area contributed by atoms with Gasteiger partial charge in [-0.2, -0.15) is 5.10 Å². The summed E-state index contributed by atoms with van der Waals surface area (Å²) in [4.78, 5) is 14.8. The van der Waals surface area contributed by atoms with Crippen LogP contribution in [0.4, 0.5) is 5.95 Å². The van der Waals surface area contributed by atoms with Gasteiger partial charge in [0, 0.05) is 10.0 Å². The second-order valence-corrected chi connectivity index (χ2v) is 5.92. The highest BCUT2D eigenvalue weighted by atomic mass is 79.9. The fraction of sp³-hybridized carbons (Fsp3) is 0.0588. The fourth-order valence-corrected chi connectivity index (χ4v) is 2.31. The second-order valence-electron chi connectivity index (χ2n) is 5.00. The molecule has 0 atom stereocenters. The molecule has 0 fully saturated rings. The number of hydrogen-bond acceptors (Lipinski definition) is 6. The maximum Gasteiger partial charge on any atom is 0.279 e. The maximum atomic E-state index is 12.2. The Kier molecular flexibility index (Phi) is 5.20. The Morgan fingerprint density at radius 2 is 1.84 bits per heavy atom. The van der Waals surface area contributed by atoms with Crippen molar-refractivity contribution in [1.29, 1.82) is 0 Å². The average Bonchev–Trinajstić information content (AvgIpc) is 2.64. The van der Waals surface area contributed by atoms with Gasteiger partial charge in [0.05, 0.1) is 13.3 Å². The van der Waals surface area contributed by atoms with Crippen molar-refractivity contribution in [3.8, 4) is 17.0 Å². The molecule has 3 rings (SSSR count). The molecule has 2 aromatic carbocycles. The first-order valence-corrected chi connectivity index (χ1v) is 8.11. The lowest BCUT2D eigenvalue weighted by atomic mass is 10.1. The smallest absolute Gasteiger partial charge is 0.279 e. The molecular formula is C17H14BrN5O2. The first-order valence-electron chi connectivity index (χ1n) is 7.32. The summed E-state index contributed by atoms with van der Waals surface area (Å²) in [5, 5.41) is 11.9. The fourth-order valence-electron chi connectivity index (χ4n) is 2.04. The van der Waals surface area contributed by atoms with Crippen molar-refractivity contribution in [2.45, 2.75) is 0 Å². The summed E-state index contributed by atoms with van der Waals surface area (Å²) in [6.45, 7) is 0. The van der Waals surface area contributed by atoms with E-state index in [-0.39, 0.29) is 17.2 Å². The molecule has 1 aromatic heterocycles. The van der Waals surface area contributed by atoms with Crippen molar-refractivity contribution in [2.75, 3.05) is 12.5 Å². The van der Waals surface area contributed by atoms with Crippen LogP contribution in [0.25, 0.3) is 11.3 Å². The lowest BCUT2D eigenvalue weighted by Gasteiger charge is -2.03. The molecule has 2 N–H and O–H groups in total. The zero-order chi connectivity index (χ0) is 17.6. The molecule has 0 aliphatic rings. The van der Waals surface area contributed by atoms with Crippen LogP contribution in [0.5, 0.6) is 5.75 Å². The van der Waals surface area contributed by atoms with Gasteiger partial charge in [-0.15, -0.1) is 10.2 Å². The Hall–Kier alpha value is -3.00. The van der Waals surface area contributed by atoms with Crippen LogP contribution in [0, 0.1) is 0 Å². The number of aromatic amines is 1. The molecule has 3 aromatic rings. The van der Waals surface area contributed by atoms with Gasteiger partial charge in [-0.3, -0.25) is 9.78 Å². The Bertz CT molecular complexity index is 937. The zero-order valence-corrected chi connectivity index (χ0v) is 14.8. The summed E-state index contributed by atoms with van der Waals surface area (Å²) in [5.41, 5.74) is 4.08. The number of hydrazone groups is 1. The first-order chi connectivity index (χ1) is 12.2. The summed E-state index contributed by atoms with van der Waals surface area (Å²) in [6.07, 6.45) is 1.61. The highest BCUT2D eigenvalue weighted by molar-refractivity contribution is 9.10. The van der Waals surface area contributed by atoms with Gasteiger partial charge in [0.25, 0.3) is 5.56 Å². The Morgan fingerprint density at radius 1 is 1.12 bits per heavy atom. The Labute approximate surface area is 151 Å². The summed E-state index contributed by atoms with van der Waals surface area (Å²) in [5.74, 6) is 0.865. The van der Waals surface area contributed by atoms with Crippen molar-refractivity contribution in [3.63, 3.8) is 0 Å². The molecule has 126 valence electrons. The van der Waals surface area contributed by atoms with Crippen molar-refractivity contribution in [1.82, 2.24) is 15.2 Å². The standard InChI is InChI=1S/C17H14BrN5O2/c1-25-14-8-4-12(5-9-14)15-16(24)20-17(23-21-15)22-19-10-11-2-6-13(18)7-3-11/h2-10H,1H3,(H2,20,22,23,24)/b19-10+. The molecule has 0 unspecified atom stereocenters. The number of nitrogens with one attached hydrogen (secondary N) is 2. The molecule has 1 heterocycles. The number of aromatic nitrogens is 3. The lowest BCUT2D eigenvalue weighted by Crippen LogP contribution is -2.15. The molecule has 25 heavy (non-hydrogen) atoms. The van der Waals surface area contributed by atoms with Gasteiger partial charge in [0.1, 0.15) is 5.75 Å². The summed E-state index contributed by atoms with van der Waals surface area (Å²) in [7, 11) is 1.58. The van der Waals surface area contributed by atoms with E-state index in [1.54, 1.807) is 37.6 Å². The minimum Gasteiger partial charge on any atom is -0.497 e. The van der Waals surface area contributed by atoms with Crippen molar-refractivity contribution >= 4 is 28.1 Å². The van der Waals surface area contributed by atoms with Crippen LogP contribution in [0.15, 0.2) is 62.9 Å². The summed E-state index contributed by atoms with van der Waals surface area (Å²) >= 11 is 3.37. The number of methoxy groups -OCH3 is 1. The highest BCUT2D eigenvalue weighted by Crippen LogP contribution is 2.17. The topological polar surface area (TPSA) is 92.3 Å². The predicted octanol–water partition coefficient (Wildman–Crippen LogP) is 3.05. The van der Waals surface area contributed by atoms with Crippen LogP contribution in [0.3, 0.4) is 0 Å². The Morgan fingerprint density at radius 3 is 2.48 bits per heavy atom. The molecular weight excluding hydrogens is 386 g/mol. The number of hydrogen-bond donors (Lipinski definition) is 2. The third-order valence-corrected chi connectivity index (χ3v) is 3.84.